The second-order valence-electron chi connectivity index (χ2n) is 5.26. The molecule has 0 aliphatic heterocycles. The molecule has 0 aliphatic carbocycles. The van der Waals surface area contributed by atoms with Crippen molar-refractivity contribution in [2.24, 2.45) is 0 Å². The van der Waals surface area contributed by atoms with E-state index in [1.807, 2.05) is 17.5 Å². The number of rotatable bonds is 5. The van der Waals surface area contributed by atoms with Crippen molar-refractivity contribution in [1.82, 2.24) is 9.88 Å². The molecule has 2 rings (SSSR count). The van der Waals surface area contributed by atoms with Crippen LogP contribution in [0.25, 0.3) is 10.8 Å². The van der Waals surface area contributed by atoms with Gasteiger partial charge in [0.15, 0.2) is 5.69 Å². The number of aryl methyl sites for hydroxylation is 1. The largest absolute Gasteiger partial charge is 0.440 e. The molecule has 0 fully saturated rings. The lowest BCUT2D eigenvalue weighted by molar-refractivity contribution is 0.0750. The summed E-state index contributed by atoms with van der Waals surface area (Å²) in [6.45, 7) is 3.36. The Morgan fingerprint density at radius 3 is 2.73 bits per heavy atom. The summed E-state index contributed by atoms with van der Waals surface area (Å²) in [4.78, 5) is 19.0. The highest BCUT2D eigenvalue weighted by molar-refractivity contribution is 7.90. The van der Waals surface area contributed by atoms with Gasteiger partial charge >= 0.3 is 0 Å². The van der Waals surface area contributed by atoms with Gasteiger partial charge in [0.05, 0.1) is 10.6 Å². The lowest BCUT2D eigenvalue weighted by Crippen LogP contribution is -2.39. The number of hydrogen-bond acceptors (Lipinski definition) is 6. The molecule has 0 bridgehead atoms. The van der Waals surface area contributed by atoms with Crippen LogP contribution in [0.5, 0.6) is 0 Å². The van der Waals surface area contributed by atoms with Crippen molar-refractivity contribution in [2.45, 2.75) is 19.9 Å². The number of oxazole rings is 1. The fraction of sp³-hybridized carbons (Fsp3) is 0.429. The Balaban J connectivity index is 2.22. The highest BCUT2D eigenvalue weighted by atomic mass is 32.2. The zero-order valence-electron chi connectivity index (χ0n) is 12.9. The van der Waals surface area contributed by atoms with Gasteiger partial charge in [-0.25, -0.2) is 13.4 Å². The Labute approximate surface area is 133 Å². The molecule has 2 aromatic rings. The molecule has 22 heavy (non-hydrogen) atoms. The standard InChI is InChI=1S/C14H18N2O4S2/c1-9(8-22(4,18)19)16(3)14(17)12-10(2)20-13(15-12)11-6-5-7-21-11/h5-7,9H,8H2,1-4H3. The molecule has 1 atom stereocenters. The molecule has 2 aromatic heterocycles. The third-order valence-corrected chi connectivity index (χ3v) is 5.20. The molecule has 1 unspecified atom stereocenters. The average molecular weight is 342 g/mol. The number of aromatic nitrogens is 1. The van der Waals surface area contributed by atoms with Crippen LogP contribution >= 0.6 is 11.3 Å². The van der Waals surface area contributed by atoms with Crippen molar-refractivity contribution in [3.8, 4) is 10.8 Å². The van der Waals surface area contributed by atoms with Crippen LogP contribution in [0.4, 0.5) is 0 Å². The maximum atomic E-state index is 12.5. The normalized spacial score (nSPS) is 13.1. The highest BCUT2D eigenvalue weighted by Crippen LogP contribution is 2.26. The van der Waals surface area contributed by atoms with Crippen LogP contribution in [0.1, 0.15) is 23.2 Å². The first kappa shape index (κ1) is 16.7. The van der Waals surface area contributed by atoms with Gasteiger partial charge in [-0.3, -0.25) is 4.79 Å². The Bertz CT molecular complexity index is 763. The summed E-state index contributed by atoms with van der Waals surface area (Å²) in [5, 5.41) is 1.90. The molecule has 8 heteroatoms. The molecule has 0 aliphatic rings. The minimum atomic E-state index is -3.16. The Morgan fingerprint density at radius 1 is 1.50 bits per heavy atom. The summed E-state index contributed by atoms with van der Waals surface area (Å²) in [5.41, 5.74) is 0.214. The fourth-order valence-corrected chi connectivity index (χ4v) is 3.77. The molecule has 0 spiro atoms. The Hall–Kier alpha value is -1.67. The maximum Gasteiger partial charge on any atom is 0.276 e. The Kier molecular flexibility index (Phi) is 4.72. The Morgan fingerprint density at radius 2 is 2.18 bits per heavy atom. The summed E-state index contributed by atoms with van der Waals surface area (Å²) in [5.74, 6) is 0.385. The number of nitrogens with zero attached hydrogens (tertiary/aromatic N) is 2. The van der Waals surface area contributed by atoms with E-state index in [1.54, 1.807) is 20.9 Å². The summed E-state index contributed by atoms with van der Waals surface area (Å²) >= 11 is 1.47. The minimum Gasteiger partial charge on any atom is -0.440 e. The first-order valence-corrected chi connectivity index (χ1v) is 9.59. The summed E-state index contributed by atoms with van der Waals surface area (Å²) in [7, 11) is -1.59. The van der Waals surface area contributed by atoms with Gasteiger partial charge in [0, 0.05) is 19.3 Å². The van der Waals surface area contributed by atoms with E-state index in [2.05, 4.69) is 4.98 Å². The van der Waals surface area contributed by atoms with Crippen molar-refractivity contribution >= 4 is 27.1 Å². The van der Waals surface area contributed by atoms with E-state index < -0.39 is 15.9 Å². The predicted molar refractivity (Wildman–Crippen MR) is 85.8 cm³/mol. The van der Waals surface area contributed by atoms with Crippen molar-refractivity contribution in [2.75, 3.05) is 19.1 Å². The molecule has 0 radical (unpaired) electrons. The molecule has 0 saturated heterocycles. The second-order valence-corrected chi connectivity index (χ2v) is 8.39. The first-order chi connectivity index (χ1) is 10.2. The van der Waals surface area contributed by atoms with Crippen LogP contribution in [0.2, 0.25) is 0 Å². The van der Waals surface area contributed by atoms with Crippen molar-refractivity contribution < 1.29 is 17.6 Å². The number of thiophene rings is 1. The van der Waals surface area contributed by atoms with Gasteiger partial charge in [-0.05, 0) is 25.3 Å². The van der Waals surface area contributed by atoms with Gasteiger partial charge in [-0.15, -0.1) is 11.3 Å². The first-order valence-electron chi connectivity index (χ1n) is 6.65. The van der Waals surface area contributed by atoms with Gasteiger partial charge in [-0.1, -0.05) is 6.07 Å². The lowest BCUT2D eigenvalue weighted by atomic mass is 10.2. The van der Waals surface area contributed by atoms with Crippen LogP contribution in [0.15, 0.2) is 21.9 Å². The topological polar surface area (TPSA) is 80.5 Å². The number of sulfone groups is 1. The van der Waals surface area contributed by atoms with E-state index in [9.17, 15) is 13.2 Å². The number of carbonyl (C=O) groups is 1. The average Bonchev–Trinajstić information content (AvgIpc) is 3.03. The van der Waals surface area contributed by atoms with E-state index in [1.165, 1.54) is 16.2 Å². The molecule has 0 saturated carbocycles. The van der Waals surface area contributed by atoms with Gasteiger partial charge in [0.1, 0.15) is 15.6 Å². The van der Waals surface area contributed by atoms with Crippen LogP contribution in [-0.2, 0) is 9.84 Å². The molecular formula is C14H18N2O4S2. The zero-order chi connectivity index (χ0) is 16.5. The predicted octanol–water partition coefficient (Wildman–Crippen LogP) is 2.22. The van der Waals surface area contributed by atoms with E-state index in [4.69, 9.17) is 4.42 Å². The SMILES string of the molecule is Cc1oc(-c2cccs2)nc1C(=O)N(C)C(C)CS(C)(=O)=O. The van der Waals surface area contributed by atoms with Gasteiger partial charge in [-0.2, -0.15) is 0 Å². The zero-order valence-corrected chi connectivity index (χ0v) is 14.5. The summed E-state index contributed by atoms with van der Waals surface area (Å²) < 4.78 is 28.3. The monoisotopic (exact) mass is 342 g/mol. The molecule has 1 amide bonds. The maximum absolute atomic E-state index is 12.5. The summed E-state index contributed by atoms with van der Waals surface area (Å²) in [6, 6.07) is 3.30. The van der Waals surface area contributed by atoms with Crippen molar-refractivity contribution in [3.05, 3.63) is 29.0 Å². The molecule has 2 heterocycles. The quantitative estimate of drug-likeness (QED) is 0.832. The molecule has 120 valence electrons. The number of amides is 1. The van der Waals surface area contributed by atoms with Gasteiger partial charge in [0.25, 0.3) is 5.91 Å². The molecule has 6 nitrogen and oxygen atoms in total. The molecule has 0 aromatic carbocycles. The van der Waals surface area contributed by atoms with E-state index in [0.29, 0.717) is 11.7 Å². The van der Waals surface area contributed by atoms with Gasteiger partial charge in [0.2, 0.25) is 5.89 Å². The highest BCUT2D eigenvalue weighted by Gasteiger charge is 2.26. The van der Waals surface area contributed by atoms with E-state index in [0.717, 1.165) is 11.1 Å². The second kappa shape index (κ2) is 6.21. The van der Waals surface area contributed by atoms with E-state index in [-0.39, 0.29) is 17.4 Å². The van der Waals surface area contributed by atoms with Crippen molar-refractivity contribution in [3.63, 3.8) is 0 Å². The van der Waals surface area contributed by atoms with Gasteiger partial charge < -0.3 is 9.32 Å². The lowest BCUT2D eigenvalue weighted by Gasteiger charge is -2.23. The molecule has 0 N–H and O–H groups in total. The minimum absolute atomic E-state index is 0.0933. The van der Waals surface area contributed by atoms with Crippen LogP contribution in [0, 0.1) is 6.92 Å². The summed E-state index contributed by atoms with van der Waals surface area (Å²) in [6.07, 6.45) is 1.15. The molecular weight excluding hydrogens is 324 g/mol. The number of carbonyl (C=O) groups excluding carboxylic acids is 1. The van der Waals surface area contributed by atoms with Crippen LogP contribution < -0.4 is 0 Å². The third-order valence-electron chi connectivity index (χ3n) is 3.26. The fourth-order valence-electron chi connectivity index (χ4n) is 2.02. The smallest absolute Gasteiger partial charge is 0.276 e. The van der Waals surface area contributed by atoms with E-state index >= 15 is 0 Å². The third kappa shape index (κ3) is 3.75. The number of hydrogen-bond donors (Lipinski definition) is 0. The van der Waals surface area contributed by atoms with Crippen LogP contribution in [0.3, 0.4) is 0 Å². The van der Waals surface area contributed by atoms with Crippen molar-refractivity contribution in [1.29, 1.82) is 0 Å². The van der Waals surface area contributed by atoms with Crippen LogP contribution in [-0.4, -0.2) is 49.3 Å².